The third kappa shape index (κ3) is 3.44. The van der Waals surface area contributed by atoms with Crippen LogP contribution in [0.3, 0.4) is 0 Å². The number of benzene rings is 2. The number of fused-ring (bicyclic) bond motifs is 1. The summed E-state index contributed by atoms with van der Waals surface area (Å²) in [6.45, 7) is 6.23. The van der Waals surface area contributed by atoms with Crippen LogP contribution in [0.25, 0.3) is 0 Å². The standard InChI is InChI=1S/C19H21NO5/c1-18(2)12-19(3,23-4)25-17-11-15(9-10-16(17)18)24-14-7-5-13(6-8-14)20(21)22/h5-11H,12H2,1-4H3. The third-order valence-electron chi connectivity index (χ3n) is 4.49. The summed E-state index contributed by atoms with van der Waals surface area (Å²) in [5, 5.41) is 10.7. The minimum atomic E-state index is -0.692. The molecule has 0 aliphatic carbocycles. The van der Waals surface area contributed by atoms with Crippen molar-refractivity contribution in [1.82, 2.24) is 0 Å². The van der Waals surface area contributed by atoms with Crippen LogP contribution in [0.4, 0.5) is 5.69 Å². The fourth-order valence-electron chi connectivity index (χ4n) is 3.26. The molecule has 2 aromatic rings. The van der Waals surface area contributed by atoms with Gasteiger partial charge in [0.2, 0.25) is 5.79 Å². The van der Waals surface area contributed by atoms with Crippen molar-refractivity contribution in [2.75, 3.05) is 7.11 Å². The molecule has 0 N–H and O–H groups in total. The Kier molecular flexibility index (Phi) is 4.16. The van der Waals surface area contributed by atoms with Crippen LogP contribution in [-0.2, 0) is 10.2 Å². The van der Waals surface area contributed by atoms with Gasteiger partial charge in [-0.15, -0.1) is 0 Å². The summed E-state index contributed by atoms with van der Waals surface area (Å²) in [7, 11) is 1.64. The van der Waals surface area contributed by atoms with Gasteiger partial charge in [0.25, 0.3) is 5.69 Å². The van der Waals surface area contributed by atoms with Gasteiger partial charge in [-0.1, -0.05) is 19.9 Å². The maximum Gasteiger partial charge on any atom is 0.269 e. The number of non-ortho nitro benzene ring substituents is 1. The van der Waals surface area contributed by atoms with Gasteiger partial charge in [-0.2, -0.15) is 0 Å². The lowest BCUT2D eigenvalue weighted by Gasteiger charge is -2.43. The number of methoxy groups -OCH3 is 1. The quantitative estimate of drug-likeness (QED) is 0.588. The highest BCUT2D eigenvalue weighted by atomic mass is 16.7. The van der Waals surface area contributed by atoms with E-state index in [-0.39, 0.29) is 11.1 Å². The zero-order chi connectivity index (χ0) is 18.2. The summed E-state index contributed by atoms with van der Waals surface area (Å²) in [5.41, 5.74) is 1.03. The lowest BCUT2D eigenvalue weighted by molar-refractivity contribution is -0.384. The van der Waals surface area contributed by atoms with Crippen molar-refractivity contribution in [3.8, 4) is 17.2 Å². The van der Waals surface area contributed by atoms with E-state index in [4.69, 9.17) is 14.2 Å². The molecule has 0 saturated heterocycles. The molecule has 0 radical (unpaired) electrons. The molecule has 0 bridgehead atoms. The average molecular weight is 343 g/mol. The second kappa shape index (κ2) is 6.04. The fourth-order valence-corrected chi connectivity index (χ4v) is 3.26. The van der Waals surface area contributed by atoms with Gasteiger partial charge in [-0.25, -0.2) is 0 Å². The number of hydrogen-bond donors (Lipinski definition) is 0. The highest BCUT2D eigenvalue weighted by molar-refractivity contribution is 5.48. The molecule has 1 atom stereocenters. The van der Waals surface area contributed by atoms with E-state index < -0.39 is 10.7 Å². The number of hydrogen-bond acceptors (Lipinski definition) is 5. The Morgan fingerprint density at radius 1 is 1.08 bits per heavy atom. The van der Waals surface area contributed by atoms with Crippen molar-refractivity contribution in [2.45, 2.75) is 38.4 Å². The van der Waals surface area contributed by atoms with Crippen LogP contribution in [0.5, 0.6) is 17.2 Å². The Bertz CT molecular complexity index is 800. The molecule has 6 nitrogen and oxygen atoms in total. The second-order valence-corrected chi connectivity index (χ2v) is 7.01. The Labute approximate surface area is 146 Å². The third-order valence-corrected chi connectivity index (χ3v) is 4.49. The van der Waals surface area contributed by atoms with Gasteiger partial charge in [0.1, 0.15) is 17.2 Å². The molecule has 0 spiro atoms. The Morgan fingerprint density at radius 3 is 2.32 bits per heavy atom. The van der Waals surface area contributed by atoms with Crippen LogP contribution in [0.15, 0.2) is 42.5 Å². The highest BCUT2D eigenvalue weighted by Crippen LogP contribution is 2.46. The van der Waals surface area contributed by atoms with E-state index in [9.17, 15) is 10.1 Å². The lowest BCUT2D eigenvalue weighted by atomic mass is 9.76. The van der Waals surface area contributed by atoms with E-state index in [2.05, 4.69) is 13.8 Å². The maximum absolute atomic E-state index is 10.7. The Hall–Kier alpha value is -2.60. The average Bonchev–Trinajstić information content (AvgIpc) is 2.54. The molecule has 6 heteroatoms. The molecule has 1 aliphatic heterocycles. The molecule has 3 rings (SSSR count). The summed E-state index contributed by atoms with van der Waals surface area (Å²) in [4.78, 5) is 10.3. The van der Waals surface area contributed by atoms with Gasteiger partial charge in [-0.3, -0.25) is 10.1 Å². The van der Waals surface area contributed by atoms with Gasteiger partial charge in [0, 0.05) is 44.2 Å². The van der Waals surface area contributed by atoms with E-state index in [0.717, 1.165) is 17.7 Å². The van der Waals surface area contributed by atoms with Crippen molar-refractivity contribution < 1.29 is 19.1 Å². The van der Waals surface area contributed by atoms with Crippen molar-refractivity contribution in [2.24, 2.45) is 0 Å². The summed E-state index contributed by atoms with van der Waals surface area (Å²) in [6, 6.07) is 11.7. The van der Waals surface area contributed by atoms with Crippen LogP contribution in [-0.4, -0.2) is 17.8 Å². The zero-order valence-corrected chi connectivity index (χ0v) is 14.7. The molecule has 0 aromatic heterocycles. The van der Waals surface area contributed by atoms with Crippen LogP contribution in [0.2, 0.25) is 0 Å². The number of nitro groups is 1. The molecule has 2 aromatic carbocycles. The zero-order valence-electron chi connectivity index (χ0n) is 14.7. The van der Waals surface area contributed by atoms with E-state index >= 15 is 0 Å². The fraction of sp³-hybridized carbons (Fsp3) is 0.368. The van der Waals surface area contributed by atoms with Crippen LogP contribution in [0.1, 0.15) is 32.8 Å². The summed E-state index contributed by atoms with van der Waals surface area (Å²) in [5.74, 6) is 1.15. The van der Waals surface area contributed by atoms with Crippen LogP contribution >= 0.6 is 0 Å². The van der Waals surface area contributed by atoms with E-state index in [1.54, 1.807) is 19.2 Å². The number of rotatable bonds is 4. The largest absolute Gasteiger partial charge is 0.462 e. The number of ether oxygens (including phenoxy) is 3. The predicted octanol–water partition coefficient (Wildman–Crippen LogP) is 4.81. The van der Waals surface area contributed by atoms with Gasteiger partial charge in [-0.05, 0) is 23.6 Å². The molecule has 0 fully saturated rings. The first-order valence-electron chi connectivity index (χ1n) is 8.03. The molecule has 132 valence electrons. The molecule has 1 aliphatic rings. The highest BCUT2D eigenvalue weighted by Gasteiger charge is 2.42. The SMILES string of the molecule is COC1(C)CC(C)(C)c2ccc(Oc3ccc([N+](=O)[O-])cc3)cc2O1. The first kappa shape index (κ1) is 17.2. The first-order valence-corrected chi connectivity index (χ1v) is 8.03. The van der Waals surface area contributed by atoms with Gasteiger partial charge >= 0.3 is 0 Å². The first-order chi connectivity index (χ1) is 11.7. The smallest absolute Gasteiger partial charge is 0.269 e. The molecule has 0 amide bonds. The number of nitrogens with zero attached hydrogens (tertiary/aromatic N) is 1. The summed E-state index contributed by atoms with van der Waals surface area (Å²) >= 11 is 0. The summed E-state index contributed by atoms with van der Waals surface area (Å²) in [6.07, 6.45) is 0.742. The Balaban J connectivity index is 1.88. The molecule has 1 heterocycles. The van der Waals surface area contributed by atoms with Crippen LogP contribution in [0, 0.1) is 10.1 Å². The Morgan fingerprint density at radius 2 is 1.72 bits per heavy atom. The lowest BCUT2D eigenvalue weighted by Crippen LogP contribution is -2.45. The van der Waals surface area contributed by atoms with Crippen molar-refractivity contribution in [3.05, 3.63) is 58.1 Å². The van der Waals surface area contributed by atoms with Crippen LogP contribution < -0.4 is 9.47 Å². The predicted molar refractivity (Wildman–Crippen MR) is 93.3 cm³/mol. The minimum Gasteiger partial charge on any atom is -0.462 e. The monoisotopic (exact) mass is 343 g/mol. The molecule has 1 unspecified atom stereocenters. The second-order valence-electron chi connectivity index (χ2n) is 7.01. The van der Waals surface area contributed by atoms with E-state index in [0.29, 0.717) is 11.5 Å². The van der Waals surface area contributed by atoms with Crippen molar-refractivity contribution in [1.29, 1.82) is 0 Å². The molecular weight excluding hydrogens is 322 g/mol. The minimum absolute atomic E-state index is 0.0266. The molecule has 0 saturated carbocycles. The van der Waals surface area contributed by atoms with Gasteiger partial charge in [0.15, 0.2) is 0 Å². The topological polar surface area (TPSA) is 70.8 Å². The summed E-state index contributed by atoms with van der Waals surface area (Å²) < 4.78 is 17.4. The van der Waals surface area contributed by atoms with Gasteiger partial charge in [0.05, 0.1) is 4.92 Å². The van der Waals surface area contributed by atoms with E-state index in [1.165, 1.54) is 12.1 Å². The van der Waals surface area contributed by atoms with Gasteiger partial charge < -0.3 is 14.2 Å². The van der Waals surface area contributed by atoms with E-state index in [1.807, 2.05) is 25.1 Å². The van der Waals surface area contributed by atoms with Crippen molar-refractivity contribution in [3.63, 3.8) is 0 Å². The number of nitro benzene ring substituents is 1. The maximum atomic E-state index is 10.7. The van der Waals surface area contributed by atoms with Crippen molar-refractivity contribution >= 4 is 5.69 Å². The normalized spacial score (nSPS) is 21.1. The molecular formula is C19H21NO5. The molecule has 25 heavy (non-hydrogen) atoms.